The van der Waals surface area contributed by atoms with E-state index in [0.717, 1.165) is 24.1 Å². The zero-order valence-electron chi connectivity index (χ0n) is 19.0. The lowest BCUT2D eigenvalue weighted by Crippen LogP contribution is -2.39. The van der Waals surface area contributed by atoms with Crippen LogP contribution in [-0.4, -0.2) is 53.3 Å². The van der Waals surface area contributed by atoms with E-state index in [2.05, 4.69) is 15.4 Å². The van der Waals surface area contributed by atoms with Gasteiger partial charge in [-0.25, -0.2) is 9.50 Å². The highest BCUT2D eigenvalue weighted by molar-refractivity contribution is 5.93. The molecule has 1 aliphatic rings. The lowest BCUT2D eigenvalue weighted by atomic mass is 9.86. The Kier molecular flexibility index (Phi) is 6.76. The van der Waals surface area contributed by atoms with Crippen LogP contribution >= 0.6 is 0 Å². The molecule has 3 aromatic rings. The molecule has 0 atom stereocenters. The smallest absolute Gasteiger partial charge is 0.308 e. The van der Waals surface area contributed by atoms with Gasteiger partial charge in [0.1, 0.15) is 0 Å². The number of aromatic nitrogens is 3. The summed E-state index contributed by atoms with van der Waals surface area (Å²) in [5.41, 5.74) is 2.49. The Morgan fingerprint density at radius 1 is 1.06 bits per heavy atom. The highest BCUT2D eigenvalue weighted by Crippen LogP contribution is 2.32. The molecule has 33 heavy (non-hydrogen) atoms. The quantitative estimate of drug-likeness (QED) is 0.549. The number of hydrogen-bond donors (Lipinski definition) is 1. The van der Waals surface area contributed by atoms with E-state index in [4.69, 9.17) is 14.2 Å². The first-order chi connectivity index (χ1) is 16.0. The van der Waals surface area contributed by atoms with Crippen molar-refractivity contribution >= 4 is 17.5 Å². The first kappa shape index (κ1) is 22.6. The van der Waals surface area contributed by atoms with Crippen LogP contribution in [0.15, 0.2) is 36.5 Å². The van der Waals surface area contributed by atoms with E-state index in [1.165, 1.54) is 0 Å². The van der Waals surface area contributed by atoms with Gasteiger partial charge in [0, 0.05) is 23.9 Å². The molecule has 174 valence electrons. The Morgan fingerprint density at radius 2 is 1.82 bits per heavy atom. The van der Waals surface area contributed by atoms with Gasteiger partial charge in [0.15, 0.2) is 22.8 Å². The number of hydrogen-bond acceptors (Lipinski definition) is 7. The van der Waals surface area contributed by atoms with Crippen molar-refractivity contribution in [3.63, 3.8) is 0 Å². The second kappa shape index (κ2) is 9.89. The average molecular weight is 453 g/mol. The zero-order chi connectivity index (χ0) is 23.4. The molecule has 0 bridgehead atoms. The van der Waals surface area contributed by atoms with Crippen molar-refractivity contribution in [2.45, 2.75) is 38.6 Å². The highest BCUT2D eigenvalue weighted by Gasteiger charge is 2.28. The third-order valence-electron chi connectivity index (χ3n) is 5.95. The summed E-state index contributed by atoms with van der Waals surface area (Å²) in [6, 6.07) is 9.09. The second-order valence-corrected chi connectivity index (χ2v) is 7.97. The summed E-state index contributed by atoms with van der Waals surface area (Å²) in [6.07, 6.45) is 4.57. The Balaban J connectivity index is 1.50. The van der Waals surface area contributed by atoms with Crippen LogP contribution in [0.5, 0.6) is 11.5 Å². The summed E-state index contributed by atoms with van der Waals surface area (Å²) in [5.74, 6) is 0.754. The molecular weight excluding hydrogens is 424 g/mol. The summed E-state index contributed by atoms with van der Waals surface area (Å²) >= 11 is 0. The Hall–Kier alpha value is -3.62. The van der Waals surface area contributed by atoms with Gasteiger partial charge in [-0.3, -0.25) is 9.59 Å². The molecule has 1 fully saturated rings. The van der Waals surface area contributed by atoms with Crippen molar-refractivity contribution in [1.82, 2.24) is 19.9 Å². The summed E-state index contributed by atoms with van der Waals surface area (Å²) < 4.78 is 17.5. The van der Waals surface area contributed by atoms with Gasteiger partial charge in [0.2, 0.25) is 0 Å². The second-order valence-electron chi connectivity index (χ2n) is 7.97. The molecule has 0 aliphatic heterocycles. The van der Waals surface area contributed by atoms with E-state index >= 15 is 0 Å². The minimum Gasteiger partial charge on any atom is -0.493 e. The molecule has 2 aromatic heterocycles. The fourth-order valence-corrected chi connectivity index (χ4v) is 4.21. The van der Waals surface area contributed by atoms with Gasteiger partial charge in [-0.2, -0.15) is 5.10 Å². The van der Waals surface area contributed by atoms with E-state index in [1.807, 2.05) is 31.2 Å². The van der Waals surface area contributed by atoms with Crippen LogP contribution in [-0.2, 0) is 9.53 Å². The van der Waals surface area contributed by atoms with Gasteiger partial charge in [0.25, 0.3) is 5.91 Å². The van der Waals surface area contributed by atoms with Crippen molar-refractivity contribution in [2.24, 2.45) is 5.92 Å². The Morgan fingerprint density at radius 3 is 2.52 bits per heavy atom. The Bertz CT molecular complexity index is 1150. The molecule has 9 heteroatoms. The van der Waals surface area contributed by atoms with Crippen molar-refractivity contribution in [3.8, 4) is 22.8 Å². The molecule has 1 amide bonds. The number of methoxy groups -OCH3 is 2. The summed E-state index contributed by atoms with van der Waals surface area (Å²) in [6.45, 7) is 2.20. The van der Waals surface area contributed by atoms with Crippen molar-refractivity contribution in [3.05, 3.63) is 42.2 Å². The van der Waals surface area contributed by atoms with Crippen LogP contribution in [0.4, 0.5) is 0 Å². The van der Waals surface area contributed by atoms with E-state index in [0.29, 0.717) is 42.3 Å². The number of carbonyl (C=O) groups excluding carboxylic acids is 2. The molecule has 1 aromatic carbocycles. The van der Waals surface area contributed by atoms with Crippen molar-refractivity contribution in [1.29, 1.82) is 0 Å². The average Bonchev–Trinajstić information content (AvgIpc) is 3.29. The summed E-state index contributed by atoms with van der Waals surface area (Å²) in [4.78, 5) is 29.2. The van der Waals surface area contributed by atoms with Gasteiger partial charge in [-0.05, 0) is 56.9 Å². The third-order valence-corrected chi connectivity index (χ3v) is 5.95. The maximum absolute atomic E-state index is 12.9. The van der Waals surface area contributed by atoms with E-state index in [1.54, 1.807) is 31.0 Å². The predicted octanol–water partition coefficient (Wildman–Crippen LogP) is 3.27. The van der Waals surface area contributed by atoms with Crippen LogP contribution in [0.2, 0.25) is 0 Å². The highest BCUT2D eigenvalue weighted by atomic mass is 16.5. The minimum atomic E-state index is -0.252. The van der Waals surface area contributed by atoms with Crippen LogP contribution in [0.25, 0.3) is 16.9 Å². The number of ether oxygens (including phenoxy) is 3. The molecule has 1 aliphatic carbocycles. The standard InChI is InChI=1S/C24H28N4O5/c1-4-33-24(30)15-5-8-17(9-6-15)26-23(29)18-14-22-25-12-11-19(28(22)27-18)16-7-10-20(31-2)21(13-16)32-3/h7,10-15,17H,4-6,8-9H2,1-3H3,(H,26,29)/t15-,17-. The maximum atomic E-state index is 12.9. The van der Waals surface area contributed by atoms with Crippen molar-refractivity contribution in [2.75, 3.05) is 20.8 Å². The topological polar surface area (TPSA) is 104 Å². The van der Waals surface area contributed by atoms with Gasteiger partial charge in [-0.15, -0.1) is 0 Å². The SMILES string of the molecule is CCOC(=O)[C@H]1CC[C@H](NC(=O)c2cc3nccc(-c4ccc(OC)c(OC)c4)n3n2)CC1. The fourth-order valence-electron chi connectivity index (χ4n) is 4.21. The van der Waals surface area contributed by atoms with Gasteiger partial charge >= 0.3 is 5.97 Å². The first-order valence-corrected chi connectivity index (χ1v) is 11.1. The molecule has 4 rings (SSSR count). The van der Waals surface area contributed by atoms with E-state index in [9.17, 15) is 9.59 Å². The first-order valence-electron chi connectivity index (χ1n) is 11.1. The maximum Gasteiger partial charge on any atom is 0.308 e. The van der Waals surface area contributed by atoms with E-state index < -0.39 is 0 Å². The van der Waals surface area contributed by atoms with Crippen LogP contribution < -0.4 is 14.8 Å². The largest absolute Gasteiger partial charge is 0.493 e. The molecule has 0 radical (unpaired) electrons. The molecule has 2 heterocycles. The molecule has 9 nitrogen and oxygen atoms in total. The predicted molar refractivity (Wildman–Crippen MR) is 121 cm³/mol. The lowest BCUT2D eigenvalue weighted by Gasteiger charge is -2.27. The minimum absolute atomic E-state index is 0.00580. The number of carbonyl (C=O) groups is 2. The van der Waals surface area contributed by atoms with Crippen molar-refractivity contribution < 1.29 is 23.8 Å². The van der Waals surface area contributed by atoms with Crippen LogP contribution in [0.3, 0.4) is 0 Å². The number of nitrogens with one attached hydrogen (secondary N) is 1. The normalized spacial score (nSPS) is 18.0. The number of amides is 1. The van der Waals surface area contributed by atoms with Gasteiger partial charge < -0.3 is 19.5 Å². The summed E-state index contributed by atoms with van der Waals surface area (Å²) in [7, 11) is 3.17. The molecular formula is C24H28N4O5. The summed E-state index contributed by atoms with van der Waals surface area (Å²) in [5, 5.41) is 7.56. The van der Waals surface area contributed by atoms with Crippen LogP contribution in [0, 0.1) is 5.92 Å². The number of benzene rings is 1. The molecule has 0 spiro atoms. The number of fused-ring (bicyclic) bond motifs is 1. The number of rotatable bonds is 7. The fraction of sp³-hybridized carbons (Fsp3) is 0.417. The number of nitrogens with zero attached hydrogens (tertiary/aromatic N) is 3. The molecule has 1 saturated carbocycles. The zero-order valence-corrected chi connectivity index (χ0v) is 19.0. The molecule has 1 N–H and O–H groups in total. The van der Waals surface area contributed by atoms with Crippen LogP contribution in [0.1, 0.15) is 43.1 Å². The monoisotopic (exact) mass is 452 g/mol. The molecule has 0 saturated heterocycles. The lowest BCUT2D eigenvalue weighted by molar-refractivity contribution is -0.149. The van der Waals surface area contributed by atoms with E-state index in [-0.39, 0.29) is 23.8 Å². The third kappa shape index (κ3) is 4.76. The van der Waals surface area contributed by atoms with Gasteiger partial charge in [-0.1, -0.05) is 0 Å². The number of esters is 1. The molecule has 0 unspecified atom stereocenters. The van der Waals surface area contributed by atoms with Gasteiger partial charge in [0.05, 0.1) is 32.4 Å². The Labute approximate surface area is 192 Å².